The fraction of sp³-hybridized carbons (Fsp3) is 0.429. The first kappa shape index (κ1) is 31.6. The van der Waals surface area contributed by atoms with Crippen molar-refractivity contribution in [3.63, 3.8) is 0 Å². The number of pyridine rings is 1. The molecule has 40 heavy (non-hydrogen) atoms. The fourth-order valence-electron chi connectivity index (χ4n) is 3.08. The predicted octanol–water partition coefficient (Wildman–Crippen LogP) is 3.98. The van der Waals surface area contributed by atoms with Gasteiger partial charge in [0.25, 0.3) is 0 Å². The summed E-state index contributed by atoms with van der Waals surface area (Å²) in [5.74, 6) is -1.59. The van der Waals surface area contributed by atoms with Gasteiger partial charge in [-0.3, -0.25) is 4.98 Å². The minimum absolute atomic E-state index is 0.00661. The zero-order valence-corrected chi connectivity index (χ0v) is 23.5. The minimum Gasteiger partial charge on any atom is -0.460 e. The van der Waals surface area contributed by atoms with Gasteiger partial charge in [0.1, 0.15) is 24.4 Å². The summed E-state index contributed by atoms with van der Waals surface area (Å²) in [6, 6.07) is 9.73. The van der Waals surface area contributed by atoms with Crippen LogP contribution in [0.5, 0.6) is 0 Å². The van der Waals surface area contributed by atoms with E-state index in [1.54, 1.807) is 65.8 Å². The van der Waals surface area contributed by atoms with Gasteiger partial charge in [0.05, 0.1) is 41.5 Å². The van der Waals surface area contributed by atoms with Crippen molar-refractivity contribution in [2.75, 3.05) is 26.3 Å². The van der Waals surface area contributed by atoms with E-state index in [0.29, 0.717) is 11.1 Å². The zero-order valence-electron chi connectivity index (χ0n) is 23.5. The smallest absolute Gasteiger partial charge is 0.407 e. The van der Waals surface area contributed by atoms with Gasteiger partial charge in [0, 0.05) is 11.8 Å². The third-order valence-electron chi connectivity index (χ3n) is 4.62. The number of carbonyl (C=O) groups is 4. The molecule has 0 unspecified atom stereocenters. The molecule has 1 aromatic carbocycles. The summed E-state index contributed by atoms with van der Waals surface area (Å²) in [5.41, 5.74) is -0.437. The zero-order chi connectivity index (χ0) is 29.9. The lowest BCUT2D eigenvalue weighted by atomic mass is 10.0. The lowest BCUT2D eigenvalue weighted by molar-refractivity contribution is 0.0427. The summed E-state index contributed by atoms with van der Waals surface area (Å²) in [7, 11) is 0. The number of nitriles is 1. The van der Waals surface area contributed by atoms with Gasteiger partial charge in [0.15, 0.2) is 0 Å². The molecule has 0 fully saturated rings. The van der Waals surface area contributed by atoms with Crippen molar-refractivity contribution >= 4 is 24.1 Å². The van der Waals surface area contributed by atoms with Crippen LogP contribution in [0.3, 0.4) is 0 Å². The Labute approximate surface area is 233 Å². The van der Waals surface area contributed by atoms with E-state index >= 15 is 0 Å². The Hall–Kier alpha value is -4.66. The van der Waals surface area contributed by atoms with E-state index in [1.165, 1.54) is 12.3 Å². The molecule has 0 saturated carbocycles. The monoisotopic (exact) mass is 554 g/mol. The molecule has 0 aliphatic rings. The van der Waals surface area contributed by atoms with Crippen LogP contribution in [-0.4, -0.2) is 66.6 Å². The second-order valence-corrected chi connectivity index (χ2v) is 10.4. The third-order valence-corrected chi connectivity index (χ3v) is 4.62. The summed E-state index contributed by atoms with van der Waals surface area (Å²) in [5, 5.41) is 14.2. The van der Waals surface area contributed by atoms with Crippen LogP contribution in [0.25, 0.3) is 11.3 Å². The number of ether oxygens (including phenoxy) is 4. The standard InChI is InChI=1S/C28H34N4O8/c1-27(2,3)39-25(35)30-10-12-37-23(33)20-15-21(22(32-17-20)19-9-7-8-18(14-19)16-29)24(34)38-13-11-31-26(36)40-28(4,5)6/h7-9,14-15,17H,10-13H2,1-6H3,(H,30,35)(H,31,36). The van der Waals surface area contributed by atoms with Crippen LogP contribution in [0.4, 0.5) is 9.59 Å². The largest absolute Gasteiger partial charge is 0.460 e. The number of hydrogen-bond acceptors (Lipinski definition) is 10. The number of nitrogens with one attached hydrogen (secondary N) is 2. The molecular formula is C28H34N4O8. The van der Waals surface area contributed by atoms with E-state index in [4.69, 9.17) is 18.9 Å². The fourth-order valence-corrected chi connectivity index (χ4v) is 3.08. The molecule has 1 aromatic heterocycles. The number of hydrogen-bond donors (Lipinski definition) is 2. The number of nitrogens with zero attached hydrogens (tertiary/aromatic N) is 2. The Kier molecular flexibility index (Phi) is 11.0. The maximum Gasteiger partial charge on any atom is 0.407 e. The molecular weight excluding hydrogens is 520 g/mol. The van der Waals surface area contributed by atoms with Gasteiger partial charge in [-0.1, -0.05) is 12.1 Å². The molecule has 0 spiro atoms. The SMILES string of the molecule is CC(C)(C)OC(=O)NCCOC(=O)c1cnc(-c2cccc(C#N)c2)c(C(=O)OCCNC(=O)OC(C)(C)C)c1. The van der Waals surface area contributed by atoms with Gasteiger partial charge in [-0.15, -0.1) is 0 Å². The highest BCUT2D eigenvalue weighted by Gasteiger charge is 2.21. The van der Waals surface area contributed by atoms with E-state index in [-0.39, 0.29) is 43.1 Å². The van der Waals surface area contributed by atoms with Crippen LogP contribution in [0, 0.1) is 11.3 Å². The molecule has 2 rings (SSSR count). The molecule has 0 radical (unpaired) electrons. The Morgan fingerprint density at radius 3 is 1.93 bits per heavy atom. The van der Waals surface area contributed by atoms with Crippen molar-refractivity contribution in [3.05, 3.63) is 53.2 Å². The Morgan fingerprint density at radius 1 is 0.850 bits per heavy atom. The number of alkyl carbamates (subject to hydrolysis) is 2. The van der Waals surface area contributed by atoms with E-state index in [1.807, 2.05) is 6.07 Å². The van der Waals surface area contributed by atoms with Gasteiger partial charge in [0.2, 0.25) is 0 Å². The number of esters is 2. The van der Waals surface area contributed by atoms with E-state index in [2.05, 4.69) is 15.6 Å². The van der Waals surface area contributed by atoms with Crippen LogP contribution in [0.1, 0.15) is 67.8 Å². The Bertz CT molecular complexity index is 1270. The molecule has 0 bridgehead atoms. The normalized spacial score (nSPS) is 11.0. The van der Waals surface area contributed by atoms with Crippen LogP contribution >= 0.6 is 0 Å². The van der Waals surface area contributed by atoms with Crippen molar-refractivity contribution in [2.45, 2.75) is 52.7 Å². The first-order valence-corrected chi connectivity index (χ1v) is 12.5. The predicted molar refractivity (Wildman–Crippen MR) is 143 cm³/mol. The highest BCUT2D eigenvalue weighted by molar-refractivity contribution is 5.99. The Balaban J connectivity index is 2.13. The van der Waals surface area contributed by atoms with Crippen molar-refractivity contribution in [2.24, 2.45) is 0 Å². The summed E-state index contributed by atoms with van der Waals surface area (Å²) in [6.07, 6.45) is -0.0794. The number of aromatic nitrogens is 1. The molecule has 12 nitrogen and oxygen atoms in total. The summed E-state index contributed by atoms with van der Waals surface area (Å²) < 4.78 is 20.7. The average molecular weight is 555 g/mol. The molecule has 214 valence electrons. The first-order chi connectivity index (χ1) is 18.7. The molecule has 0 aliphatic heterocycles. The lowest BCUT2D eigenvalue weighted by Crippen LogP contribution is -2.34. The molecule has 2 N–H and O–H groups in total. The average Bonchev–Trinajstić information content (AvgIpc) is 2.86. The van der Waals surface area contributed by atoms with Crippen molar-refractivity contribution in [3.8, 4) is 17.3 Å². The van der Waals surface area contributed by atoms with Crippen molar-refractivity contribution < 1.29 is 38.1 Å². The van der Waals surface area contributed by atoms with Crippen LogP contribution in [0.2, 0.25) is 0 Å². The van der Waals surface area contributed by atoms with Gasteiger partial charge < -0.3 is 29.6 Å². The highest BCUT2D eigenvalue weighted by atomic mass is 16.6. The number of amides is 2. The summed E-state index contributed by atoms with van der Waals surface area (Å²) in [4.78, 5) is 53.4. The van der Waals surface area contributed by atoms with E-state index in [9.17, 15) is 24.4 Å². The van der Waals surface area contributed by atoms with Gasteiger partial charge >= 0.3 is 24.1 Å². The molecule has 2 aromatic rings. The van der Waals surface area contributed by atoms with Crippen molar-refractivity contribution in [1.29, 1.82) is 5.26 Å². The molecule has 0 aliphatic carbocycles. The topological polar surface area (TPSA) is 166 Å². The number of carbonyl (C=O) groups excluding carboxylic acids is 4. The first-order valence-electron chi connectivity index (χ1n) is 12.5. The molecule has 1 heterocycles. The van der Waals surface area contributed by atoms with Gasteiger partial charge in [-0.25, -0.2) is 19.2 Å². The second kappa shape index (κ2) is 13.9. The van der Waals surface area contributed by atoms with Gasteiger partial charge in [-0.05, 0) is 59.7 Å². The molecule has 2 amide bonds. The molecule has 12 heteroatoms. The summed E-state index contributed by atoms with van der Waals surface area (Å²) in [6.45, 7) is 9.99. The second-order valence-electron chi connectivity index (χ2n) is 10.4. The number of benzene rings is 1. The number of rotatable bonds is 9. The quantitative estimate of drug-likeness (QED) is 0.263. The van der Waals surface area contributed by atoms with Gasteiger partial charge in [-0.2, -0.15) is 5.26 Å². The summed E-state index contributed by atoms with van der Waals surface area (Å²) >= 11 is 0. The minimum atomic E-state index is -0.808. The van der Waals surface area contributed by atoms with Crippen molar-refractivity contribution in [1.82, 2.24) is 15.6 Å². The van der Waals surface area contributed by atoms with Crippen LogP contribution in [-0.2, 0) is 18.9 Å². The van der Waals surface area contributed by atoms with Crippen LogP contribution < -0.4 is 10.6 Å². The van der Waals surface area contributed by atoms with E-state index in [0.717, 1.165) is 0 Å². The highest BCUT2D eigenvalue weighted by Crippen LogP contribution is 2.24. The van der Waals surface area contributed by atoms with Crippen LogP contribution in [0.15, 0.2) is 36.5 Å². The maximum atomic E-state index is 13.0. The Morgan fingerprint density at radius 2 is 1.40 bits per heavy atom. The third kappa shape index (κ3) is 11.0. The molecule has 0 atom stereocenters. The maximum absolute atomic E-state index is 13.0. The molecule has 0 saturated heterocycles. The van der Waals surface area contributed by atoms with E-state index < -0.39 is 35.3 Å². The lowest BCUT2D eigenvalue weighted by Gasteiger charge is -2.19.